The van der Waals surface area contributed by atoms with E-state index < -0.39 is 6.08 Å². The molecule has 33 heavy (non-hydrogen) atoms. The first kappa shape index (κ1) is 25.6. The van der Waals surface area contributed by atoms with Crippen LogP contribution in [0.4, 0.5) is 8.78 Å². The van der Waals surface area contributed by atoms with E-state index in [0.29, 0.717) is 5.92 Å². The lowest BCUT2D eigenvalue weighted by Crippen LogP contribution is -2.30. The van der Waals surface area contributed by atoms with E-state index in [2.05, 4.69) is 0 Å². The molecule has 3 aliphatic carbocycles. The Hall–Kier alpha value is -0.480. The van der Waals surface area contributed by atoms with Gasteiger partial charge in [0.1, 0.15) is 0 Å². The van der Waals surface area contributed by atoms with Gasteiger partial charge in [-0.3, -0.25) is 0 Å². The summed E-state index contributed by atoms with van der Waals surface area (Å²) in [5.41, 5.74) is 0. The summed E-state index contributed by atoms with van der Waals surface area (Å²) in [6, 6.07) is 0. The summed E-state index contributed by atoms with van der Waals surface area (Å²) in [5, 5.41) is 0. The van der Waals surface area contributed by atoms with E-state index in [1.54, 1.807) is 0 Å². The van der Waals surface area contributed by atoms with Gasteiger partial charge in [0.2, 0.25) is 0 Å². The predicted molar refractivity (Wildman–Crippen MR) is 130 cm³/mol. The van der Waals surface area contributed by atoms with Gasteiger partial charge in [-0.25, -0.2) is 0 Å². The van der Waals surface area contributed by atoms with Gasteiger partial charge in [0.25, 0.3) is 6.08 Å². The largest absolute Gasteiger partial charge is 0.353 e. The van der Waals surface area contributed by atoms with Crippen molar-refractivity contribution < 1.29 is 18.3 Å². The van der Waals surface area contributed by atoms with Crippen LogP contribution in [0.25, 0.3) is 0 Å². The fourth-order valence-corrected chi connectivity index (χ4v) is 7.67. The summed E-state index contributed by atoms with van der Waals surface area (Å²) in [5.74, 6) is 5.35. The Morgan fingerprint density at radius 2 is 1.06 bits per heavy atom. The van der Waals surface area contributed by atoms with E-state index >= 15 is 0 Å². The number of halogens is 2. The highest BCUT2D eigenvalue weighted by Gasteiger charge is 2.34. The van der Waals surface area contributed by atoms with Crippen LogP contribution >= 0.6 is 0 Å². The molecule has 0 aromatic rings. The Morgan fingerprint density at radius 1 is 0.636 bits per heavy atom. The number of hydrogen-bond donors (Lipinski definition) is 0. The second-order valence-corrected chi connectivity index (χ2v) is 12.0. The first-order valence-electron chi connectivity index (χ1n) is 14.3. The summed E-state index contributed by atoms with van der Waals surface area (Å²) in [4.78, 5) is 0. The highest BCUT2D eigenvalue weighted by Crippen LogP contribution is 2.46. The molecule has 1 heterocycles. The van der Waals surface area contributed by atoms with Crippen LogP contribution in [0, 0.1) is 41.4 Å². The summed E-state index contributed by atoms with van der Waals surface area (Å²) in [6.07, 6.45) is 21.0. The van der Waals surface area contributed by atoms with Gasteiger partial charge in [-0.05, 0) is 119 Å². The van der Waals surface area contributed by atoms with Crippen molar-refractivity contribution in [1.29, 1.82) is 0 Å². The van der Waals surface area contributed by atoms with Crippen LogP contribution in [0.3, 0.4) is 0 Å². The lowest BCUT2D eigenvalue weighted by molar-refractivity contribution is -0.191. The number of allylic oxidation sites excluding steroid dienone is 1. The maximum Gasteiger partial charge on any atom is 0.266 e. The van der Waals surface area contributed by atoms with Crippen LogP contribution in [-0.4, -0.2) is 19.5 Å². The lowest BCUT2D eigenvalue weighted by atomic mass is 9.65. The topological polar surface area (TPSA) is 18.5 Å². The molecule has 0 aromatic heterocycles. The molecule has 4 fully saturated rings. The predicted octanol–water partition coefficient (Wildman–Crippen LogP) is 8.76. The van der Waals surface area contributed by atoms with E-state index in [0.717, 1.165) is 55.6 Å². The molecular weight excluding hydrogens is 418 g/mol. The van der Waals surface area contributed by atoms with Crippen LogP contribution in [0.5, 0.6) is 0 Å². The van der Waals surface area contributed by atoms with Gasteiger partial charge in [0.15, 0.2) is 6.29 Å². The van der Waals surface area contributed by atoms with Gasteiger partial charge < -0.3 is 9.47 Å². The smallest absolute Gasteiger partial charge is 0.266 e. The fourth-order valence-electron chi connectivity index (χ4n) is 7.67. The summed E-state index contributed by atoms with van der Waals surface area (Å²) < 4.78 is 36.3. The Labute approximate surface area is 201 Å². The quantitative estimate of drug-likeness (QED) is 0.333. The monoisotopic (exact) mass is 466 g/mol. The summed E-state index contributed by atoms with van der Waals surface area (Å²) >= 11 is 0. The number of unbranched alkanes of at least 4 members (excludes halogenated alkanes) is 1. The van der Waals surface area contributed by atoms with Gasteiger partial charge in [-0.2, -0.15) is 8.78 Å². The molecule has 4 rings (SSSR count). The zero-order valence-electron chi connectivity index (χ0n) is 21.0. The lowest BCUT2D eigenvalue weighted by Gasteiger charge is -2.41. The first-order valence-corrected chi connectivity index (χ1v) is 14.3. The van der Waals surface area contributed by atoms with Crippen molar-refractivity contribution in [2.75, 3.05) is 13.2 Å². The molecule has 190 valence electrons. The van der Waals surface area contributed by atoms with Crippen molar-refractivity contribution in [2.45, 2.75) is 116 Å². The van der Waals surface area contributed by atoms with Crippen molar-refractivity contribution in [3.63, 3.8) is 0 Å². The molecule has 2 nitrogen and oxygen atoms in total. The van der Waals surface area contributed by atoms with Crippen molar-refractivity contribution >= 4 is 0 Å². The highest BCUT2D eigenvalue weighted by molar-refractivity contribution is 4.92. The van der Waals surface area contributed by atoms with E-state index in [4.69, 9.17) is 9.47 Å². The average Bonchev–Trinajstić information content (AvgIpc) is 2.84. The van der Waals surface area contributed by atoms with E-state index in [-0.39, 0.29) is 12.2 Å². The Bertz CT molecular complexity index is 572. The summed E-state index contributed by atoms with van der Waals surface area (Å²) in [7, 11) is 0. The molecule has 0 radical (unpaired) electrons. The van der Waals surface area contributed by atoms with Crippen molar-refractivity contribution in [3.05, 3.63) is 12.2 Å². The molecule has 1 aliphatic heterocycles. The third-order valence-corrected chi connectivity index (χ3v) is 9.83. The molecule has 0 N–H and O–H groups in total. The van der Waals surface area contributed by atoms with Gasteiger partial charge in [-0.1, -0.05) is 32.1 Å². The second kappa shape index (κ2) is 13.0. The molecule has 0 amide bonds. The van der Waals surface area contributed by atoms with Gasteiger partial charge in [-0.15, -0.1) is 0 Å². The van der Waals surface area contributed by atoms with Crippen LogP contribution in [0.2, 0.25) is 0 Å². The average molecular weight is 467 g/mol. The standard InChI is InChI=1S/C29H48F2O2/c1-21-32-19-24(20-33-21)5-3-2-4-22-6-10-25(11-7-22)27-14-16-28(17-15-27)26-12-8-23(9-13-26)18-29(30)31/h18,21-28H,2-17,19-20H2,1H3. The minimum atomic E-state index is -1.48. The van der Waals surface area contributed by atoms with Crippen LogP contribution in [-0.2, 0) is 9.47 Å². The molecule has 0 atom stereocenters. The molecule has 0 aromatic carbocycles. The van der Waals surface area contributed by atoms with Gasteiger partial charge >= 0.3 is 0 Å². The Morgan fingerprint density at radius 3 is 1.55 bits per heavy atom. The number of hydrogen-bond acceptors (Lipinski definition) is 2. The third-order valence-electron chi connectivity index (χ3n) is 9.83. The Balaban J connectivity index is 1.06. The van der Waals surface area contributed by atoms with Crippen molar-refractivity contribution in [2.24, 2.45) is 41.4 Å². The zero-order valence-corrected chi connectivity index (χ0v) is 21.0. The van der Waals surface area contributed by atoms with Gasteiger partial charge in [0.05, 0.1) is 13.2 Å². The van der Waals surface area contributed by atoms with E-state index in [9.17, 15) is 8.78 Å². The fraction of sp³-hybridized carbons (Fsp3) is 0.931. The molecule has 3 saturated carbocycles. The van der Waals surface area contributed by atoms with Crippen molar-refractivity contribution in [1.82, 2.24) is 0 Å². The number of ether oxygens (including phenoxy) is 2. The highest BCUT2D eigenvalue weighted by atomic mass is 19.3. The van der Waals surface area contributed by atoms with Crippen LogP contribution in [0.15, 0.2) is 12.2 Å². The SMILES string of the molecule is CC1OCC(CCCCC2CCC(C3CCC(C4CCC(C=C(F)F)CC4)CC3)CC2)CO1. The maximum atomic E-state index is 12.5. The van der Waals surface area contributed by atoms with E-state index in [1.807, 2.05) is 6.92 Å². The maximum absolute atomic E-state index is 12.5. The second-order valence-electron chi connectivity index (χ2n) is 12.0. The molecule has 4 heteroatoms. The van der Waals surface area contributed by atoms with E-state index in [1.165, 1.54) is 96.0 Å². The normalized spacial score (nSPS) is 40.3. The van der Waals surface area contributed by atoms with Crippen LogP contribution in [0.1, 0.15) is 110 Å². The zero-order chi connectivity index (χ0) is 23.0. The summed E-state index contributed by atoms with van der Waals surface area (Å²) in [6.45, 7) is 3.75. The molecule has 4 aliphatic rings. The van der Waals surface area contributed by atoms with Gasteiger partial charge in [0, 0.05) is 5.92 Å². The molecule has 0 spiro atoms. The first-order chi connectivity index (χ1) is 16.1. The molecular formula is C29H48F2O2. The van der Waals surface area contributed by atoms with Crippen LogP contribution < -0.4 is 0 Å². The third kappa shape index (κ3) is 8.02. The molecule has 1 saturated heterocycles. The molecule has 0 unspecified atom stereocenters. The number of rotatable bonds is 8. The molecule has 0 bridgehead atoms. The Kier molecular flexibility index (Phi) is 10.1. The van der Waals surface area contributed by atoms with Crippen molar-refractivity contribution in [3.8, 4) is 0 Å². The minimum Gasteiger partial charge on any atom is -0.353 e. The minimum absolute atomic E-state index is 0.00963.